The molecule has 0 spiro atoms. The predicted octanol–water partition coefficient (Wildman–Crippen LogP) is 3.60. The van der Waals surface area contributed by atoms with E-state index in [4.69, 9.17) is 4.74 Å². The summed E-state index contributed by atoms with van der Waals surface area (Å²) in [6.45, 7) is 10.9. The highest BCUT2D eigenvalue weighted by Crippen LogP contribution is 2.29. The van der Waals surface area contributed by atoms with E-state index in [1.165, 1.54) is 7.05 Å². The summed E-state index contributed by atoms with van der Waals surface area (Å²) < 4.78 is 5.28. The van der Waals surface area contributed by atoms with Crippen LogP contribution in [0.25, 0.3) is 0 Å². The van der Waals surface area contributed by atoms with E-state index in [0.29, 0.717) is 5.56 Å². The summed E-state index contributed by atoms with van der Waals surface area (Å²) in [6, 6.07) is 2.76. The van der Waals surface area contributed by atoms with Gasteiger partial charge in [-0.2, -0.15) is 0 Å². The summed E-state index contributed by atoms with van der Waals surface area (Å²) in [5, 5.41) is 9.61. The van der Waals surface area contributed by atoms with Crippen molar-refractivity contribution in [3.05, 3.63) is 34.4 Å². The number of nitrogens with zero attached hydrogens (tertiary/aromatic N) is 1. The van der Waals surface area contributed by atoms with Crippen LogP contribution in [0.2, 0.25) is 0 Å². The Bertz CT molecular complexity index is 564. The maximum Gasteiger partial charge on any atom is 0.411 e. The van der Waals surface area contributed by atoms with Crippen LogP contribution in [0.3, 0.4) is 0 Å². The number of carboxylic acid groups (broad SMARTS) is 1. The van der Waals surface area contributed by atoms with Crippen molar-refractivity contribution in [1.29, 1.82) is 0 Å². The normalized spacial score (nSPS) is 12.7. The molecular formula is C17H25NO4. The van der Waals surface area contributed by atoms with Gasteiger partial charge in [0.05, 0.1) is 0 Å². The van der Waals surface area contributed by atoms with E-state index >= 15 is 0 Å². The quantitative estimate of drug-likeness (QED) is 0.926. The Balaban J connectivity index is 3.26. The third-order valence-corrected chi connectivity index (χ3v) is 3.31. The molecule has 1 N–H and O–H groups in total. The summed E-state index contributed by atoms with van der Waals surface area (Å²) in [5.74, 6) is -1.08. The first-order valence-corrected chi connectivity index (χ1v) is 7.20. The molecule has 1 atom stereocenters. The van der Waals surface area contributed by atoms with Gasteiger partial charge < -0.3 is 9.84 Å². The number of rotatable bonds is 3. The first-order valence-electron chi connectivity index (χ1n) is 7.20. The van der Waals surface area contributed by atoms with Crippen molar-refractivity contribution >= 4 is 12.1 Å². The van der Waals surface area contributed by atoms with E-state index < -0.39 is 23.7 Å². The molecule has 1 aromatic rings. The molecule has 1 unspecified atom stereocenters. The van der Waals surface area contributed by atoms with Crippen molar-refractivity contribution in [3.63, 3.8) is 0 Å². The molecule has 0 radical (unpaired) electrons. The number of hydrogen-bond donors (Lipinski definition) is 1. The van der Waals surface area contributed by atoms with Crippen molar-refractivity contribution < 1.29 is 19.4 Å². The first-order chi connectivity index (χ1) is 9.94. The molecule has 1 aromatic carbocycles. The standard InChI is InChI=1S/C17H25NO4/c1-10-8-11(2)13(12(3)9-10)14(15(19)20)18(7)16(21)22-17(4,5)6/h8-9,14H,1-7H3,(H,19,20). The van der Waals surface area contributed by atoms with Gasteiger partial charge in [-0.1, -0.05) is 17.7 Å². The van der Waals surface area contributed by atoms with Gasteiger partial charge in [0.2, 0.25) is 0 Å². The largest absolute Gasteiger partial charge is 0.479 e. The Labute approximate surface area is 131 Å². The number of aliphatic carboxylic acids is 1. The Kier molecular flexibility index (Phi) is 5.22. The number of amides is 1. The van der Waals surface area contributed by atoms with E-state index in [9.17, 15) is 14.7 Å². The number of benzene rings is 1. The molecule has 22 heavy (non-hydrogen) atoms. The van der Waals surface area contributed by atoms with Gasteiger partial charge in [0.1, 0.15) is 5.60 Å². The number of carboxylic acids is 1. The summed E-state index contributed by atoms with van der Waals surface area (Å²) in [4.78, 5) is 25.1. The smallest absolute Gasteiger partial charge is 0.411 e. The molecule has 0 aliphatic carbocycles. The van der Waals surface area contributed by atoms with Crippen LogP contribution in [0.1, 0.15) is 49.1 Å². The summed E-state index contributed by atoms with van der Waals surface area (Å²) in [5.41, 5.74) is 2.71. The lowest BCUT2D eigenvalue weighted by atomic mass is 9.93. The number of carbonyl (C=O) groups excluding carboxylic acids is 1. The Morgan fingerprint density at radius 2 is 1.59 bits per heavy atom. The van der Waals surface area contributed by atoms with E-state index in [1.807, 2.05) is 32.9 Å². The molecule has 0 aliphatic heterocycles. The van der Waals surface area contributed by atoms with Crippen LogP contribution in [-0.2, 0) is 9.53 Å². The fourth-order valence-corrected chi connectivity index (χ4v) is 2.54. The second-order valence-corrected chi connectivity index (χ2v) is 6.64. The van der Waals surface area contributed by atoms with Crippen molar-refractivity contribution in [1.82, 2.24) is 4.90 Å². The molecule has 122 valence electrons. The zero-order chi connectivity index (χ0) is 17.2. The summed E-state index contributed by atoms with van der Waals surface area (Å²) in [6.07, 6.45) is -0.653. The molecule has 5 nitrogen and oxygen atoms in total. The molecular weight excluding hydrogens is 282 g/mol. The van der Waals surface area contributed by atoms with Crippen LogP contribution >= 0.6 is 0 Å². The third-order valence-electron chi connectivity index (χ3n) is 3.31. The first kappa shape index (κ1) is 18.0. The maximum atomic E-state index is 12.2. The lowest BCUT2D eigenvalue weighted by Gasteiger charge is -2.30. The number of aryl methyl sites for hydroxylation is 3. The lowest BCUT2D eigenvalue weighted by Crippen LogP contribution is -2.40. The second-order valence-electron chi connectivity index (χ2n) is 6.64. The van der Waals surface area contributed by atoms with Gasteiger partial charge in [0.25, 0.3) is 0 Å². The predicted molar refractivity (Wildman–Crippen MR) is 85.0 cm³/mol. The molecule has 0 bridgehead atoms. The maximum absolute atomic E-state index is 12.2. The van der Waals surface area contributed by atoms with Gasteiger partial charge in [-0.3, -0.25) is 4.90 Å². The van der Waals surface area contributed by atoms with Crippen LogP contribution in [0, 0.1) is 20.8 Å². The van der Waals surface area contributed by atoms with Crippen LogP contribution < -0.4 is 0 Å². The van der Waals surface area contributed by atoms with Crippen molar-refractivity contribution in [3.8, 4) is 0 Å². The zero-order valence-corrected chi connectivity index (χ0v) is 14.4. The zero-order valence-electron chi connectivity index (χ0n) is 14.4. The molecule has 0 aromatic heterocycles. The highest BCUT2D eigenvalue weighted by molar-refractivity contribution is 5.82. The van der Waals surface area contributed by atoms with Crippen molar-refractivity contribution in [2.24, 2.45) is 0 Å². The number of hydrogen-bond acceptors (Lipinski definition) is 3. The fourth-order valence-electron chi connectivity index (χ4n) is 2.54. The SMILES string of the molecule is Cc1cc(C)c(C(C(=O)O)N(C)C(=O)OC(C)(C)C)c(C)c1. The fraction of sp³-hybridized carbons (Fsp3) is 0.529. The molecule has 1 rings (SSSR count). The lowest BCUT2D eigenvalue weighted by molar-refractivity contribution is -0.143. The van der Waals surface area contributed by atoms with E-state index in [0.717, 1.165) is 21.6 Å². The average molecular weight is 307 g/mol. The Morgan fingerprint density at radius 3 is 1.95 bits per heavy atom. The minimum Gasteiger partial charge on any atom is -0.479 e. The molecule has 1 amide bonds. The van der Waals surface area contributed by atoms with Gasteiger partial charge in [0.15, 0.2) is 6.04 Å². The van der Waals surface area contributed by atoms with Crippen molar-refractivity contribution in [2.45, 2.75) is 53.2 Å². The topological polar surface area (TPSA) is 66.8 Å². The molecule has 0 saturated carbocycles. The Morgan fingerprint density at radius 1 is 1.14 bits per heavy atom. The molecule has 0 aliphatic rings. The minimum atomic E-state index is -1.08. The molecule has 0 saturated heterocycles. The number of ether oxygens (including phenoxy) is 1. The molecule has 0 fully saturated rings. The Hall–Kier alpha value is -2.04. The molecule has 0 heterocycles. The van der Waals surface area contributed by atoms with Crippen LogP contribution in [0.5, 0.6) is 0 Å². The highest BCUT2D eigenvalue weighted by Gasteiger charge is 2.33. The summed E-state index contributed by atoms with van der Waals surface area (Å²) >= 11 is 0. The van der Waals surface area contributed by atoms with Crippen LogP contribution in [0.4, 0.5) is 4.79 Å². The van der Waals surface area contributed by atoms with Crippen molar-refractivity contribution in [2.75, 3.05) is 7.05 Å². The van der Waals surface area contributed by atoms with E-state index in [-0.39, 0.29) is 0 Å². The van der Waals surface area contributed by atoms with Gasteiger partial charge in [-0.25, -0.2) is 9.59 Å². The van der Waals surface area contributed by atoms with E-state index in [1.54, 1.807) is 20.8 Å². The second kappa shape index (κ2) is 6.38. The number of carbonyl (C=O) groups is 2. The van der Waals surface area contributed by atoms with Gasteiger partial charge in [-0.15, -0.1) is 0 Å². The van der Waals surface area contributed by atoms with Crippen LogP contribution in [0.15, 0.2) is 12.1 Å². The average Bonchev–Trinajstić information content (AvgIpc) is 2.29. The third kappa shape index (κ3) is 4.23. The van der Waals surface area contributed by atoms with Crippen LogP contribution in [-0.4, -0.2) is 34.7 Å². The highest BCUT2D eigenvalue weighted by atomic mass is 16.6. The van der Waals surface area contributed by atoms with Gasteiger partial charge in [-0.05, 0) is 58.2 Å². The van der Waals surface area contributed by atoms with Gasteiger partial charge >= 0.3 is 12.1 Å². The number of likely N-dealkylation sites (N-methyl/N-ethyl adjacent to an activating group) is 1. The van der Waals surface area contributed by atoms with Gasteiger partial charge in [0, 0.05) is 7.05 Å². The molecule has 5 heteroatoms. The van der Waals surface area contributed by atoms with E-state index in [2.05, 4.69) is 0 Å². The summed E-state index contributed by atoms with van der Waals surface area (Å²) in [7, 11) is 1.45. The monoisotopic (exact) mass is 307 g/mol. The minimum absolute atomic E-state index is 0.631.